The Morgan fingerprint density at radius 1 is 1.13 bits per heavy atom. The fraction of sp³-hybridized carbons (Fsp3) is 0.259. The lowest BCUT2D eigenvalue weighted by atomic mass is 9.98. The monoisotopic (exact) mass is 448 g/mol. The molecule has 0 aliphatic heterocycles. The Kier molecular flexibility index (Phi) is 8.31. The van der Waals surface area contributed by atoms with Crippen molar-refractivity contribution in [3.8, 4) is 28.7 Å². The number of hydrogen-bond donors (Lipinski definition) is 1. The van der Waals surface area contributed by atoms with E-state index in [-0.39, 0.29) is 12.0 Å². The van der Waals surface area contributed by atoms with E-state index in [9.17, 15) is 5.11 Å². The molecule has 0 bridgehead atoms. The number of rotatable bonds is 8. The molecule has 3 aromatic rings. The summed E-state index contributed by atoms with van der Waals surface area (Å²) >= 11 is 3.43. The summed E-state index contributed by atoms with van der Waals surface area (Å²) in [5.41, 5.74) is 4.45. The van der Waals surface area contributed by atoms with Crippen molar-refractivity contribution in [2.45, 2.75) is 33.8 Å². The number of ether oxygens (including phenoxy) is 1. The smallest absolute Gasteiger partial charge is 0.122 e. The highest BCUT2D eigenvalue weighted by atomic mass is 32.1. The fourth-order valence-corrected chi connectivity index (χ4v) is 4.29. The highest BCUT2D eigenvalue weighted by Gasteiger charge is 2.05. The average molecular weight is 449 g/mol. The van der Waals surface area contributed by atoms with Gasteiger partial charge in [0.05, 0.1) is 6.61 Å². The third-order valence-corrected chi connectivity index (χ3v) is 5.94. The molecule has 2 aromatic heterocycles. The number of hydrogen-bond acceptors (Lipinski definition) is 4. The maximum Gasteiger partial charge on any atom is 0.122 e. The first-order valence-electron chi connectivity index (χ1n) is 10.2. The maximum atomic E-state index is 9.71. The van der Waals surface area contributed by atoms with Gasteiger partial charge in [0, 0.05) is 10.3 Å². The van der Waals surface area contributed by atoms with Crippen LogP contribution < -0.4 is 4.74 Å². The minimum absolute atomic E-state index is 0.00495. The van der Waals surface area contributed by atoms with Gasteiger partial charge in [-0.3, -0.25) is 0 Å². The minimum atomic E-state index is -0.00495. The van der Waals surface area contributed by atoms with Crippen molar-refractivity contribution in [2.75, 3.05) is 6.61 Å². The van der Waals surface area contributed by atoms with Gasteiger partial charge in [0.2, 0.25) is 0 Å². The number of allylic oxidation sites excluding steroid dienone is 2. The zero-order valence-electron chi connectivity index (χ0n) is 18.2. The van der Waals surface area contributed by atoms with Gasteiger partial charge < -0.3 is 9.84 Å². The molecule has 0 atom stereocenters. The summed E-state index contributed by atoms with van der Waals surface area (Å²) in [4.78, 5) is 1.19. The van der Waals surface area contributed by atoms with Crippen molar-refractivity contribution in [1.29, 1.82) is 0 Å². The minimum Gasteiger partial charge on any atom is -0.488 e. The molecule has 0 saturated carbocycles. The van der Waals surface area contributed by atoms with E-state index >= 15 is 0 Å². The van der Waals surface area contributed by atoms with E-state index in [0.29, 0.717) is 13.0 Å². The van der Waals surface area contributed by atoms with Crippen molar-refractivity contribution in [3.63, 3.8) is 0 Å². The summed E-state index contributed by atoms with van der Waals surface area (Å²) in [6, 6.07) is 12.3. The van der Waals surface area contributed by atoms with E-state index in [1.165, 1.54) is 16.0 Å². The van der Waals surface area contributed by atoms with Crippen LogP contribution in [-0.2, 0) is 6.61 Å². The first-order valence-corrected chi connectivity index (χ1v) is 12.1. The summed E-state index contributed by atoms with van der Waals surface area (Å²) in [6.45, 7) is 6.82. The van der Waals surface area contributed by atoms with Gasteiger partial charge in [-0.2, -0.15) is 11.3 Å². The molecule has 0 spiro atoms. The second-order valence-electron chi connectivity index (χ2n) is 8.26. The zero-order chi connectivity index (χ0) is 22.1. The van der Waals surface area contributed by atoms with Crippen molar-refractivity contribution >= 4 is 28.7 Å². The molecule has 1 N–H and O–H groups in total. The lowest BCUT2D eigenvalue weighted by molar-refractivity contribution is 0.310. The number of thiophene rings is 2. The summed E-state index contributed by atoms with van der Waals surface area (Å²) in [7, 11) is 0. The van der Waals surface area contributed by atoms with Crippen LogP contribution in [0.3, 0.4) is 0 Å². The Bertz CT molecular complexity index is 1080. The zero-order valence-corrected chi connectivity index (χ0v) is 19.9. The van der Waals surface area contributed by atoms with Gasteiger partial charge in [-0.15, -0.1) is 11.3 Å². The molecule has 3 rings (SSSR count). The van der Waals surface area contributed by atoms with Gasteiger partial charge in [-0.1, -0.05) is 36.1 Å². The highest BCUT2D eigenvalue weighted by molar-refractivity contribution is 7.10. The van der Waals surface area contributed by atoms with Crippen LogP contribution >= 0.6 is 22.7 Å². The van der Waals surface area contributed by atoms with E-state index < -0.39 is 0 Å². The topological polar surface area (TPSA) is 29.5 Å². The molecule has 0 unspecified atom stereocenters. The first kappa shape index (κ1) is 23.1. The van der Waals surface area contributed by atoms with Gasteiger partial charge in [-0.25, -0.2) is 0 Å². The Morgan fingerprint density at radius 3 is 2.74 bits per heavy atom. The summed E-state index contributed by atoms with van der Waals surface area (Å²) in [5, 5.41) is 16.1. The molecule has 0 aliphatic rings. The Morgan fingerprint density at radius 2 is 2.00 bits per heavy atom. The third kappa shape index (κ3) is 7.88. The van der Waals surface area contributed by atoms with Crippen LogP contribution in [0.1, 0.15) is 37.6 Å². The van der Waals surface area contributed by atoms with Crippen molar-refractivity contribution in [1.82, 2.24) is 0 Å². The highest BCUT2D eigenvalue weighted by Crippen LogP contribution is 2.28. The van der Waals surface area contributed by atoms with Gasteiger partial charge >= 0.3 is 0 Å². The number of aliphatic hydroxyl groups is 1. The van der Waals surface area contributed by atoms with Crippen LogP contribution in [0.2, 0.25) is 0 Å². The van der Waals surface area contributed by atoms with E-state index in [2.05, 4.69) is 60.9 Å². The molecular formula is C27H28O2S2. The normalized spacial score (nSPS) is 12.1. The lowest BCUT2D eigenvalue weighted by Crippen LogP contribution is -1.98. The molecule has 2 nitrogen and oxygen atoms in total. The standard InChI is InChI=1S/C27H28O2S2/c1-27(2,3)12-6-4-5-8-22(17-28)14-21-9-7-10-25(15-21)29-18-26-16-24(20-31-26)23-11-13-30-19-23/h4-5,7,9-11,13-16,19-20,28H,8,17-18H2,1-3H3/b5-4+,22-14+. The van der Waals surface area contributed by atoms with Gasteiger partial charge in [0.15, 0.2) is 0 Å². The molecule has 2 heterocycles. The van der Waals surface area contributed by atoms with Crippen LogP contribution in [0.25, 0.3) is 17.2 Å². The number of benzene rings is 1. The maximum absolute atomic E-state index is 9.71. The second kappa shape index (κ2) is 11.2. The van der Waals surface area contributed by atoms with Gasteiger partial charge in [0.1, 0.15) is 12.4 Å². The van der Waals surface area contributed by atoms with Gasteiger partial charge in [0.25, 0.3) is 0 Å². The van der Waals surface area contributed by atoms with Crippen LogP contribution in [0.4, 0.5) is 0 Å². The van der Waals surface area contributed by atoms with Crippen LogP contribution in [-0.4, -0.2) is 11.7 Å². The molecule has 0 radical (unpaired) electrons. The van der Waals surface area contributed by atoms with E-state index in [1.807, 2.05) is 42.5 Å². The predicted molar refractivity (Wildman–Crippen MR) is 134 cm³/mol. The largest absolute Gasteiger partial charge is 0.488 e. The second-order valence-corrected chi connectivity index (χ2v) is 10.0. The summed E-state index contributed by atoms with van der Waals surface area (Å²) in [6.07, 6.45) is 6.53. The molecule has 0 fully saturated rings. The quantitative estimate of drug-likeness (QED) is 0.363. The van der Waals surface area contributed by atoms with Crippen molar-refractivity contribution in [2.24, 2.45) is 5.41 Å². The molecular weight excluding hydrogens is 420 g/mol. The van der Waals surface area contributed by atoms with Crippen LogP contribution in [0.15, 0.2) is 70.3 Å². The first-order chi connectivity index (χ1) is 14.9. The molecule has 1 aromatic carbocycles. The van der Waals surface area contributed by atoms with Gasteiger partial charge in [-0.05, 0) is 95.9 Å². The molecule has 31 heavy (non-hydrogen) atoms. The average Bonchev–Trinajstić information content (AvgIpc) is 3.42. The predicted octanol–water partition coefficient (Wildman–Crippen LogP) is 7.43. The van der Waals surface area contributed by atoms with E-state index in [0.717, 1.165) is 16.9 Å². The molecule has 0 amide bonds. The molecule has 0 aliphatic carbocycles. The fourth-order valence-electron chi connectivity index (χ4n) is 2.82. The molecule has 0 saturated heterocycles. The summed E-state index contributed by atoms with van der Waals surface area (Å²) < 4.78 is 6.01. The van der Waals surface area contributed by atoms with E-state index in [4.69, 9.17) is 4.74 Å². The summed E-state index contributed by atoms with van der Waals surface area (Å²) in [5.74, 6) is 7.06. The Balaban J connectivity index is 1.59. The molecule has 4 heteroatoms. The van der Waals surface area contributed by atoms with E-state index in [1.54, 1.807) is 22.7 Å². The van der Waals surface area contributed by atoms with Crippen molar-refractivity contribution < 1.29 is 9.84 Å². The Hall–Kier alpha value is -2.58. The molecule has 160 valence electrons. The SMILES string of the molecule is CC(C)(C)C#C/C=C/C/C(=C\c1cccc(OCc2cc(-c3ccsc3)cs2)c1)CO. The van der Waals surface area contributed by atoms with Crippen LogP contribution in [0.5, 0.6) is 5.75 Å². The third-order valence-electron chi connectivity index (χ3n) is 4.35. The van der Waals surface area contributed by atoms with Crippen molar-refractivity contribution in [3.05, 3.63) is 80.7 Å². The lowest BCUT2D eigenvalue weighted by Gasteiger charge is -2.07. The Labute approximate surface area is 193 Å². The van der Waals surface area contributed by atoms with Crippen LogP contribution in [0, 0.1) is 17.3 Å². The number of aliphatic hydroxyl groups excluding tert-OH is 1.